The van der Waals surface area contributed by atoms with E-state index in [1.54, 1.807) is 11.4 Å². The molecule has 3 rings (SSSR count). The molecular weight excluding hydrogens is 358 g/mol. The van der Waals surface area contributed by atoms with Gasteiger partial charge in [0.15, 0.2) is 0 Å². The molecule has 1 aliphatic heterocycles. The van der Waals surface area contributed by atoms with Gasteiger partial charge in [-0.2, -0.15) is 4.31 Å². The van der Waals surface area contributed by atoms with Gasteiger partial charge in [0, 0.05) is 6.54 Å². The van der Waals surface area contributed by atoms with E-state index in [0.29, 0.717) is 11.4 Å². The Morgan fingerprint density at radius 2 is 1.59 bits per heavy atom. The second-order valence-electron chi connectivity index (χ2n) is 7.48. The molecule has 0 amide bonds. The number of sulfonamides is 1. The van der Waals surface area contributed by atoms with E-state index >= 15 is 0 Å². The fourth-order valence-corrected chi connectivity index (χ4v) is 6.32. The molecular formula is C22H29NO3S. The van der Waals surface area contributed by atoms with Gasteiger partial charge in [0.2, 0.25) is 10.0 Å². The summed E-state index contributed by atoms with van der Waals surface area (Å²) in [4.78, 5) is 0.466. The van der Waals surface area contributed by atoms with Gasteiger partial charge in [-0.05, 0) is 62.4 Å². The Balaban J connectivity index is 2.07. The van der Waals surface area contributed by atoms with Crippen LogP contribution in [0.3, 0.4) is 0 Å². The van der Waals surface area contributed by atoms with Crippen molar-refractivity contribution in [1.82, 2.24) is 4.31 Å². The summed E-state index contributed by atoms with van der Waals surface area (Å²) in [5.41, 5.74) is 3.77. The van der Waals surface area contributed by atoms with Crippen LogP contribution < -0.4 is 4.74 Å². The molecule has 0 spiro atoms. The van der Waals surface area contributed by atoms with E-state index in [4.69, 9.17) is 4.74 Å². The van der Waals surface area contributed by atoms with Crippen LogP contribution in [0.5, 0.6) is 5.75 Å². The Bertz CT molecular complexity index is 881. The van der Waals surface area contributed by atoms with E-state index in [9.17, 15) is 8.42 Å². The third-order valence-electron chi connectivity index (χ3n) is 5.38. The van der Waals surface area contributed by atoms with E-state index < -0.39 is 10.0 Å². The highest BCUT2D eigenvalue weighted by Crippen LogP contribution is 2.37. The van der Waals surface area contributed by atoms with Crippen molar-refractivity contribution in [2.45, 2.75) is 57.4 Å². The van der Waals surface area contributed by atoms with Gasteiger partial charge >= 0.3 is 0 Å². The van der Waals surface area contributed by atoms with Gasteiger partial charge in [0.05, 0.1) is 18.0 Å². The van der Waals surface area contributed by atoms with Crippen LogP contribution in [0, 0.1) is 20.8 Å². The average molecular weight is 388 g/mol. The van der Waals surface area contributed by atoms with Crippen LogP contribution in [0.15, 0.2) is 41.3 Å². The summed E-state index contributed by atoms with van der Waals surface area (Å²) in [6.45, 7) is 6.36. The van der Waals surface area contributed by atoms with Gasteiger partial charge in [-0.15, -0.1) is 0 Å². The fraction of sp³-hybridized carbons (Fsp3) is 0.455. The molecule has 27 heavy (non-hydrogen) atoms. The molecule has 0 radical (unpaired) electrons. The van der Waals surface area contributed by atoms with Gasteiger partial charge in [0.25, 0.3) is 0 Å². The third kappa shape index (κ3) is 4.04. The molecule has 1 unspecified atom stereocenters. The first-order valence-electron chi connectivity index (χ1n) is 9.58. The summed E-state index contributed by atoms with van der Waals surface area (Å²) in [5, 5.41) is 0. The standard InChI is InChI=1S/C22H29NO3S/c1-16-14-17(2)22(18(3)15-16)27(24,25)23-13-7-5-6-8-21(23)19-9-11-20(26-4)12-10-19/h9-12,14-15,21H,5-8,13H2,1-4H3. The molecule has 0 saturated carbocycles. The molecule has 1 heterocycles. The maximum Gasteiger partial charge on any atom is 0.244 e. The lowest BCUT2D eigenvalue weighted by molar-refractivity contribution is 0.328. The van der Waals surface area contributed by atoms with Crippen LogP contribution in [-0.4, -0.2) is 26.4 Å². The number of benzene rings is 2. The maximum atomic E-state index is 13.7. The summed E-state index contributed by atoms with van der Waals surface area (Å²) in [6.07, 6.45) is 3.84. The molecule has 2 aromatic rings. The zero-order valence-electron chi connectivity index (χ0n) is 16.7. The number of methoxy groups -OCH3 is 1. The molecule has 0 bridgehead atoms. The Hall–Kier alpha value is -1.85. The van der Waals surface area contributed by atoms with Gasteiger partial charge < -0.3 is 4.74 Å². The van der Waals surface area contributed by atoms with Crippen LogP contribution >= 0.6 is 0 Å². The Kier molecular flexibility index (Phi) is 5.92. The minimum atomic E-state index is -3.57. The predicted molar refractivity (Wildman–Crippen MR) is 109 cm³/mol. The van der Waals surface area contributed by atoms with Crippen molar-refractivity contribution >= 4 is 10.0 Å². The lowest BCUT2D eigenvalue weighted by atomic mass is 10.0. The van der Waals surface area contributed by atoms with E-state index in [-0.39, 0.29) is 6.04 Å². The van der Waals surface area contributed by atoms with Crippen LogP contribution in [-0.2, 0) is 10.0 Å². The lowest BCUT2D eigenvalue weighted by Crippen LogP contribution is -2.35. The first-order chi connectivity index (χ1) is 12.8. The molecule has 0 aromatic heterocycles. The SMILES string of the molecule is COc1ccc(C2CCCCCN2S(=O)(=O)c2c(C)cc(C)cc2C)cc1. The first-order valence-corrected chi connectivity index (χ1v) is 11.0. The van der Waals surface area contributed by atoms with Crippen LogP contribution in [0.25, 0.3) is 0 Å². The molecule has 5 heteroatoms. The molecule has 0 N–H and O–H groups in total. The quantitative estimate of drug-likeness (QED) is 0.747. The maximum absolute atomic E-state index is 13.7. The van der Waals surface area contributed by atoms with Crippen molar-refractivity contribution < 1.29 is 13.2 Å². The van der Waals surface area contributed by atoms with E-state index in [2.05, 4.69) is 0 Å². The van der Waals surface area contributed by atoms with Crippen LogP contribution in [0.4, 0.5) is 0 Å². The minimum absolute atomic E-state index is 0.136. The number of hydrogen-bond acceptors (Lipinski definition) is 3. The number of ether oxygens (including phenoxy) is 1. The van der Waals surface area contributed by atoms with Crippen LogP contribution in [0.2, 0.25) is 0 Å². The number of aryl methyl sites for hydroxylation is 3. The van der Waals surface area contributed by atoms with E-state index in [1.807, 2.05) is 57.2 Å². The second-order valence-corrected chi connectivity index (χ2v) is 9.31. The monoisotopic (exact) mass is 387 g/mol. The highest BCUT2D eigenvalue weighted by atomic mass is 32.2. The molecule has 4 nitrogen and oxygen atoms in total. The summed E-state index contributed by atoms with van der Waals surface area (Å²) in [5.74, 6) is 0.784. The lowest BCUT2D eigenvalue weighted by Gasteiger charge is -2.31. The van der Waals surface area contributed by atoms with Gasteiger partial charge in [0.1, 0.15) is 5.75 Å². The molecule has 1 fully saturated rings. The van der Waals surface area contributed by atoms with Crippen molar-refractivity contribution in [3.8, 4) is 5.75 Å². The first kappa shape index (κ1) is 19.9. The number of hydrogen-bond donors (Lipinski definition) is 0. The van der Waals surface area contributed by atoms with Crippen molar-refractivity contribution in [1.29, 1.82) is 0 Å². The summed E-state index contributed by atoms with van der Waals surface area (Å²) in [7, 11) is -1.94. The average Bonchev–Trinajstić information content (AvgIpc) is 2.87. The smallest absolute Gasteiger partial charge is 0.244 e. The minimum Gasteiger partial charge on any atom is -0.497 e. The van der Waals surface area contributed by atoms with Gasteiger partial charge in [-0.3, -0.25) is 0 Å². The molecule has 2 aromatic carbocycles. The van der Waals surface area contributed by atoms with Crippen molar-refractivity contribution in [2.24, 2.45) is 0 Å². The summed E-state index contributed by atoms with van der Waals surface area (Å²) in [6, 6.07) is 11.6. The van der Waals surface area contributed by atoms with Crippen molar-refractivity contribution in [3.05, 3.63) is 58.7 Å². The number of nitrogens with zero attached hydrogens (tertiary/aromatic N) is 1. The van der Waals surface area contributed by atoms with Crippen LogP contribution in [0.1, 0.15) is 54.0 Å². The van der Waals surface area contributed by atoms with Crippen molar-refractivity contribution in [2.75, 3.05) is 13.7 Å². The Labute approximate surface area is 163 Å². The third-order valence-corrected chi connectivity index (χ3v) is 7.59. The topological polar surface area (TPSA) is 46.6 Å². The summed E-state index contributed by atoms with van der Waals surface area (Å²) < 4.78 is 34.4. The molecule has 1 aliphatic rings. The van der Waals surface area contributed by atoms with Crippen molar-refractivity contribution in [3.63, 3.8) is 0 Å². The molecule has 146 valence electrons. The molecule has 1 saturated heterocycles. The zero-order valence-corrected chi connectivity index (χ0v) is 17.5. The zero-order chi connectivity index (χ0) is 19.6. The second kappa shape index (κ2) is 8.03. The largest absolute Gasteiger partial charge is 0.497 e. The summed E-state index contributed by atoms with van der Waals surface area (Å²) >= 11 is 0. The molecule has 0 aliphatic carbocycles. The highest BCUT2D eigenvalue weighted by Gasteiger charge is 2.35. The van der Waals surface area contributed by atoms with E-state index in [1.165, 1.54) is 0 Å². The van der Waals surface area contributed by atoms with Gasteiger partial charge in [-0.25, -0.2) is 8.42 Å². The predicted octanol–water partition coefficient (Wildman–Crippen LogP) is 4.93. The normalized spacial score (nSPS) is 18.9. The van der Waals surface area contributed by atoms with Gasteiger partial charge in [-0.1, -0.05) is 42.7 Å². The Morgan fingerprint density at radius 3 is 2.19 bits per heavy atom. The molecule has 1 atom stereocenters. The highest BCUT2D eigenvalue weighted by molar-refractivity contribution is 7.89. The number of rotatable bonds is 4. The Morgan fingerprint density at radius 1 is 0.963 bits per heavy atom. The fourth-order valence-electron chi connectivity index (χ4n) is 4.22. The van der Waals surface area contributed by atoms with E-state index in [0.717, 1.165) is 53.7 Å².